The van der Waals surface area contributed by atoms with Crippen LogP contribution >= 0.6 is 11.3 Å². The van der Waals surface area contributed by atoms with Crippen LogP contribution in [0, 0.1) is 0 Å². The third-order valence-corrected chi connectivity index (χ3v) is 4.08. The van der Waals surface area contributed by atoms with E-state index < -0.39 is 0 Å². The van der Waals surface area contributed by atoms with Crippen LogP contribution in [0.5, 0.6) is 0 Å². The van der Waals surface area contributed by atoms with E-state index in [0.717, 1.165) is 17.4 Å². The summed E-state index contributed by atoms with van der Waals surface area (Å²) < 4.78 is 2.10. The fourth-order valence-electron chi connectivity index (χ4n) is 1.72. The lowest BCUT2D eigenvalue weighted by atomic mass is 10.3. The highest BCUT2D eigenvalue weighted by Crippen LogP contribution is 2.25. The van der Waals surface area contributed by atoms with Crippen LogP contribution in [0.4, 0.5) is 5.95 Å². The highest BCUT2D eigenvalue weighted by Gasteiger charge is 2.14. The lowest BCUT2D eigenvalue weighted by molar-refractivity contribution is 0.640. The highest BCUT2D eigenvalue weighted by atomic mass is 32.1. The minimum absolute atomic E-state index is 0.199. The molecule has 2 aromatic heterocycles. The van der Waals surface area contributed by atoms with Gasteiger partial charge in [-0.3, -0.25) is 0 Å². The van der Waals surface area contributed by atoms with E-state index in [2.05, 4.69) is 40.3 Å². The summed E-state index contributed by atoms with van der Waals surface area (Å²) in [7, 11) is 0. The van der Waals surface area contributed by atoms with Gasteiger partial charge in [-0.2, -0.15) is 0 Å². The van der Waals surface area contributed by atoms with Gasteiger partial charge in [0.2, 0.25) is 5.95 Å². The van der Waals surface area contributed by atoms with Crippen molar-refractivity contribution in [3.05, 3.63) is 41.1 Å². The summed E-state index contributed by atoms with van der Waals surface area (Å²) in [6.45, 7) is 8.69. The van der Waals surface area contributed by atoms with E-state index in [4.69, 9.17) is 0 Å². The maximum atomic E-state index is 4.49. The molecule has 2 heterocycles. The summed E-state index contributed by atoms with van der Waals surface area (Å²) in [5.74, 6) is 0.857. The van der Waals surface area contributed by atoms with Gasteiger partial charge in [0, 0.05) is 30.0 Å². The molecule has 1 N–H and O–H groups in total. The highest BCUT2D eigenvalue weighted by molar-refractivity contribution is 7.11. The molecule has 0 aromatic carbocycles. The molecule has 18 heavy (non-hydrogen) atoms. The molecule has 0 aliphatic rings. The van der Waals surface area contributed by atoms with Gasteiger partial charge in [0.05, 0.1) is 6.04 Å². The van der Waals surface area contributed by atoms with Gasteiger partial charge in [0.1, 0.15) is 5.01 Å². The first kappa shape index (κ1) is 12.8. The zero-order valence-corrected chi connectivity index (χ0v) is 11.6. The number of nitrogens with zero attached hydrogens (tertiary/aromatic N) is 3. The largest absolute Gasteiger partial charge is 0.352 e. The van der Waals surface area contributed by atoms with Gasteiger partial charge in [-0.15, -0.1) is 17.9 Å². The zero-order chi connectivity index (χ0) is 13.0. The van der Waals surface area contributed by atoms with Crippen LogP contribution in [0.1, 0.15) is 29.8 Å². The van der Waals surface area contributed by atoms with Crippen molar-refractivity contribution in [1.82, 2.24) is 14.5 Å². The van der Waals surface area contributed by atoms with Gasteiger partial charge in [-0.25, -0.2) is 9.97 Å². The Balaban J connectivity index is 2.19. The van der Waals surface area contributed by atoms with Crippen LogP contribution in [0.15, 0.2) is 31.2 Å². The quantitative estimate of drug-likeness (QED) is 0.813. The van der Waals surface area contributed by atoms with Crippen molar-refractivity contribution in [2.24, 2.45) is 0 Å². The Labute approximate surface area is 111 Å². The molecular formula is C13H18N4S. The van der Waals surface area contributed by atoms with Crippen molar-refractivity contribution in [1.29, 1.82) is 0 Å². The summed E-state index contributed by atoms with van der Waals surface area (Å²) in [5, 5.41) is 4.34. The van der Waals surface area contributed by atoms with Crippen molar-refractivity contribution in [3.8, 4) is 0 Å². The lowest BCUT2D eigenvalue weighted by Crippen LogP contribution is -2.11. The smallest absolute Gasteiger partial charge is 0.203 e. The molecule has 0 saturated heterocycles. The number of aromatic nitrogens is 3. The van der Waals surface area contributed by atoms with Crippen molar-refractivity contribution in [3.63, 3.8) is 0 Å². The number of anilines is 1. The fraction of sp³-hybridized carbons (Fsp3) is 0.385. The number of hydrogen-bond acceptors (Lipinski definition) is 4. The number of aryl methyl sites for hydroxylation is 1. The normalized spacial score (nSPS) is 12.3. The van der Waals surface area contributed by atoms with Gasteiger partial charge in [-0.05, 0) is 13.3 Å². The Morgan fingerprint density at radius 1 is 1.56 bits per heavy atom. The Kier molecular flexibility index (Phi) is 4.15. The number of rotatable bonds is 6. The summed E-state index contributed by atoms with van der Waals surface area (Å²) >= 11 is 1.76. The Morgan fingerprint density at radius 2 is 2.39 bits per heavy atom. The van der Waals surface area contributed by atoms with Crippen LogP contribution < -0.4 is 5.32 Å². The monoisotopic (exact) mass is 262 g/mol. The third kappa shape index (κ3) is 2.61. The predicted molar refractivity (Wildman–Crippen MR) is 76.2 cm³/mol. The molecule has 1 unspecified atom stereocenters. The second kappa shape index (κ2) is 5.82. The minimum Gasteiger partial charge on any atom is -0.352 e. The molecule has 0 radical (unpaired) electrons. The van der Waals surface area contributed by atoms with E-state index in [9.17, 15) is 0 Å². The van der Waals surface area contributed by atoms with Crippen LogP contribution in [0.2, 0.25) is 0 Å². The average Bonchev–Trinajstić information content (AvgIpc) is 3.04. The topological polar surface area (TPSA) is 42.7 Å². The van der Waals surface area contributed by atoms with Gasteiger partial charge in [-0.1, -0.05) is 13.0 Å². The minimum atomic E-state index is 0.199. The molecule has 0 saturated carbocycles. The SMILES string of the molecule is C=CCNc1nccn1C(C)c1ncc(CC)s1. The van der Waals surface area contributed by atoms with Gasteiger partial charge in [0.25, 0.3) is 0 Å². The van der Waals surface area contributed by atoms with E-state index >= 15 is 0 Å². The van der Waals surface area contributed by atoms with Gasteiger partial charge in [0.15, 0.2) is 0 Å². The van der Waals surface area contributed by atoms with Crippen molar-refractivity contribution in [2.45, 2.75) is 26.3 Å². The fourth-order valence-corrected chi connectivity index (χ4v) is 2.63. The summed E-state index contributed by atoms with van der Waals surface area (Å²) in [4.78, 5) is 10.1. The number of hydrogen-bond donors (Lipinski definition) is 1. The molecule has 1 atom stereocenters. The number of thiazole rings is 1. The molecule has 5 heteroatoms. The molecule has 0 aliphatic carbocycles. The van der Waals surface area contributed by atoms with E-state index in [-0.39, 0.29) is 6.04 Å². The lowest BCUT2D eigenvalue weighted by Gasteiger charge is -2.14. The van der Waals surface area contributed by atoms with Crippen LogP contribution in [0.25, 0.3) is 0 Å². The molecule has 2 aromatic rings. The molecule has 4 nitrogen and oxygen atoms in total. The van der Waals surface area contributed by atoms with Gasteiger partial charge < -0.3 is 9.88 Å². The van der Waals surface area contributed by atoms with E-state index in [0.29, 0.717) is 6.54 Å². The maximum Gasteiger partial charge on any atom is 0.203 e. The summed E-state index contributed by atoms with van der Waals surface area (Å²) in [6.07, 6.45) is 8.60. The summed E-state index contributed by atoms with van der Waals surface area (Å²) in [6, 6.07) is 0.199. The van der Waals surface area contributed by atoms with Crippen molar-refractivity contribution < 1.29 is 0 Å². The predicted octanol–water partition coefficient (Wildman–Crippen LogP) is 3.11. The van der Waals surface area contributed by atoms with E-state index in [1.165, 1.54) is 4.88 Å². The molecule has 0 fully saturated rings. The van der Waals surface area contributed by atoms with E-state index in [1.807, 2.05) is 18.5 Å². The standard InChI is InChI=1S/C13H18N4S/c1-4-6-14-13-15-7-8-17(13)10(3)12-16-9-11(5-2)18-12/h4,7-10H,1,5-6H2,2-3H3,(H,14,15). The molecule has 2 rings (SSSR count). The molecule has 96 valence electrons. The second-order valence-electron chi connectivity index (χ2n) is 4.02. The van der Waals surface area contributed by atoms with Crippen LogP contribution in [0.3, 0.4) is 0 Å². The number of nitrogens with one attached hydrogen (secondary N) is 1. The molecule has 0 bridgehead atoms. The Bertz CT molecular complexity index is 515. The second-order valence-corrected chi connectivity index (χ2v) is 5.17. The van der Waals surface area contributed by atoms with Crippen molar-refractivity contribution >= 4 is 17.3 Å². The Morgan fingerprint density at radius 3 is 3.06 bits per heavy atom. The molecule has 0 amide bonds. The molecular weight excluding hydrogens is 244 g/mol. The average molecular weight is 262 g/mol. The van der Waals surface area contributed by atoms with Gasteiger partial charge >= 0.3 is 0 Å². The Hall–Kier alpha value is -1.62. The van der Waals surface area contributed by atoms with Crippen LogP contribution in [-0.2, 0) is 6.42 Å². The molecule has 0 aliphatic heterocycles. The third-order valence-electron chi connectivity index (χ3n) is 2.77. The van der Waals surface area contributed by atoms with E-state index in [1.54, 1.807) is 17.5 Å². The maximum absolute atomic E-state index is 4.49. The first-order valence-corrected chi connectivity index (χ1v) is 6.90. The first-order chi connectivity index (χ1) is 8.76. The van der Waals surface area contributed by atoms with Crippen molar-refractivity contribution in [2.75, 3.05) is 11.9 Å². The van der Waals surface area contributed by atoms with Crippen LogP contribution in [-0.4, -0.2) is 21.1 Å². The summed E-state index contributed by atoms with van der Waals surface area (Å²) in [5.41, 5.74) is 0. The zero-order valence-electron chi connectivity index (χ0n) is 10.8. The molecule has 0 spiro atoms. The first-order valence-electron chi connectivity index (χ1n) is 6.08. The number of imidazole rings is 1.